The van der Waals surface area contributed by atoms with Gasteiger partial charge in [0, 0.05) is 0 Å². The van der Waals surface area contributed by atoms with Crippen molar-refractivity contribution in [1.29, 1.82) is 0 Å². The maximum Gasteiger partial charge on any atom is 0.0968 e. The fourth-order valence-electron chi connectivity index (χ4n) is 1.43. The standard InChI is InChI=1S/C12H15Cl3O/c1-2-9(13)10(14)11(15)12(16)8-6-4-3-5-7-8/h3-7,9-12,16H,2H2,1H3/t9-,10+,11+,12+/m0/s1. The maximum atomic E-state index is 10.0. The van der Waals surface area contributed by atoms with Crippen LogP contribution in [0.2, 0.25) is 0 Å². The van der Waals surface area contributed by atoms with Gasteiger partial charge in [-0.2, -0.15) is 0 Å². The predicted molar refractivity (Wildman–Crippen MR) is 70.6 cm³/mol. The Hall–Kier alpha value is 0.0500. The summed E-state index contributed by atoms with van der Waals surface area (Å²) in [5.41, 5.74) is 0.758. The van der Waals surface area contributed by atoms with Gasteiger partial charge in [-0.1, -0.05) is 37.3 Å². The van der Waals surface area contributed by atoms with E-state index in [-0.39, 0.29) is 5.38 Å². The van der Waals surface area contributed by atoms with Crippen molar-refractivity contribution in [2.75, 3.05) is 0 Å². The third-order valence-electron chi connectivity index (χ3n) is 2.48. The van der Waals surface area contributed by atoms with Crippen LogP contribution in [-0.4, -0.2) is 21.2 Å². The van der Waals surface area contributed by atoms with E-state index < -0.39 is 16.9 Å². The summed E-state index contributed by atoms with van der Waals surface area (Å²) in [4.78, 5) is 0. The maximum absolute atomic E-state index is 10.0. The highest BCUT2D eigenvalue weighted by atomic mass is 35.5. The summed E-state index contributed by atoms with van der Waals surface area (Å²) in [5.74, 6) is 0. The minimum atomic E-state index is -0.793. The first-order chi connectivity index (χ1) is 7.57. The van der Waals surface area contributed by atoms with Crippen LogP contribution in [0.5, 0.6) is 0 Å². The van der Waals surface area contributed by atoms with Crippen LogP contribution in [0.3, 0.4) is 0 Å². The normalized spacial score (nSPS) is 18.8. The summed E-state index contributed by atoms with van der Waals surface area (Å²) in [6.07, 6.45) is -0.0707. The minimum Gasteiger partial charge on any atom is -0.387 e. The Balaban J connectivity index is 2.71. The van der Waals surface area contributed by atoms with Crippen molar-refractivity contribution in [3.63, 3.8) is 0 Å². The van der Waals surface area contributed by atoms with E-state index in [1.54, 1.807) is 0 Å². The van der Waals surface area contributed by atoms with Gasteiger partial charge < -0.3 is 5.11 Å². The number of rotatable bonds is 5. The highest BCUT2D eigenvalue weighted by Crippen LogP contribution is 2.30. The monoisotopic (exact) mass is 280 g/mol. The number of halogens is 3. The Labute approximate surface area is 111 Å². The third kappa shape index (κ3) is 3.53. The van der Waals surface area contributed by atoms with E-state index in [4.69, 9.17) is 34.8 Å². The molecule has 1 N–H and O–H groups in total. The Morgan fingerprint density at radius 2 is 1.62 bits per heavy atom. The molecule has 0 heterocycles. The van der Waals surface area contributed by atoms with Gasteiger partial charge in [-0.25, -0.2) is 0 Å². The quantitative estimate of drug-likeness (QED) is 0.810. The largest absolute Gasteiger partial charge is 0.387 e. The molecule has 0 fully saturated rings. The van der Waals surface area contributed by atoms with Gasteiger partial charge in [-0.05, 0) is 12.0 Å². The number of hydrogen-bond acceptors (Lipinski definition) is 1. The Kier molecular flexibility index (Phi) is 5.91. The number of benzene rings is 1. The molecule has 0 amide bonds. The molecule has 0 aliphatic heterocycles. The van der Waals surface area contributed by atoms with E-state index in [9.17, 15) is 5.11 Å². The van der Waals surface area contributed by atoms with Crippen molar-refractivity contribution in [2.24, 2.45) is 0 Å². The summed E-state index contributed by atoms with van der Waals surface area (Å²) in [5, 5.41) is 8.75. The second kappa shape index (κ2) is 6.70. The van der Waals surface area contributed by atoms with Crippen molar-refractivity contribution in [3.8, 4) is 0 Å². The molecule has 1 rings (SSSR count). The zero-order chi connectivity index (χ0) is 12.1. The number of alkyl halides is 3. The molecule has 0 unspecified atom stereocenters. The van der Waals surface area contributed by atoms with E-state index >= 15 is 0 Å². The average molecular weight is 282 g/mol. The van der Waals surface area contributed by atoms with Crippen molar-refractivity contribution >= 4 is 34.8 Å². The van der Waals surface area contributed by atoms with Crippen molar-refractivity contribution in [1.82, 2.24) is 0 Å². The van der Waals surface area contributed by atoms with Gasteiger partial charge in [0.2, 0.25) is 0 Å². The van der Waals surface area contributed by atoms with Gasteiger partial charge in [0.15, 0.2) is 0 Å². The molecule has 16 heavy (non-hydrogen) atoms. The fraction of sp³-hybridized carbons (Fsp3) is 0.500. The van der Waals surface area contributed by atoms with E-state index in [1.807, 2.05) is 37.3 Å². The molecule has 0 aliphatic carbocycles. The van der Waals surface area contributed by atoms with E-state index in [1.165, 1.54) is 0 Å². The van der Waals surface area contributed by atoms with Crippen molar-refractivity contribution in [3.05, 3.63) is 35.9 Å². The average Bonchev–Trinajstić information content (AvgIpc) is 2.36. The highest BCUT2D eigenvalue weighted by molar-refractivity contribution is 6.35. The van der Waals surface area contributed by atoms with Crippen LogP contribution >= 0.6 is 34.8 Å². The van der Waals surface area contributed by atoms with Gasteiger partial charge in [0.25, 0.3) is 0 Å². The molecule has 4 atom stereocenters. The van der Waals surface area contributed by atoms with Crippen LogP contribution in [0.1, 0.15) is 25.0 Å². The smallest absolute Gasteiger partial charge is 0.0968 e. The fourth-order valence-corrected chi connectivity index (χ4v) is 2.30. The molecule has 1 nitrogen and oxygen atoms in total. The Bertz CT molecular complexity index is 304. The summed E-state index contributed by atoms with van der Waals surface area (Å²) >= 11 is 18.2. The lowest BCUT2D eigenvalue weighted by molar-refractivity contribution is 0.169. The molecule has 0 aromatic heterocycles. The second-order valence-electron chi connectivity index (χ2n) is 3.67. The summed E-state index contributed by atoms with van der Waals surface area (Å²) < 4.78 is 0. The lowest BCUT2D eigenvalue weighted by atomic mass is 10.0. The van der Waals surface area contributed by atoms with Gasteiger partial charge >= 0.3 is 0 Å². The number of hydrogen-bond donors (Lipinski definition) is 1. The van der Waals surface area contributed by atoms with Crippen LogP contribution < -0.4 is 0 Å². The van der Waals surface area contributed by atoms with Crippen LogP contribution in [0, 0.1) is 0 Å². The molecular weight excluding hydrogens is 266 g/mol. The zero-order valence-corrected chi connectivity index (χ0v) is 11.3. The molecule has 0 saturated heterocycles. The number of aliphatic hydroxyl groups is 1. The summed E-state index contributed by atoms with van der Waals surface area (Å²) in [6, 6.07) is 9.22. The Morgan fingerprint density at radius 3 is 2.12 bits per heavy atom. The first-order valence-corrected chi connectivity index (χ1v) is 6.54. The molecule has 0 aliphatic rings. The predicted octanol–water partition coefficient (Wildman–Crippen LogP) is 3.95. The third-order valence-corrected chi connectivity index (χ3v) is 4.41. The van der Waals surface area contributed by atoms with E-state index in [0.717, 1.165) is 12.0 Å². The van der Waals surface area contributed by atoms with Crippen LogP contribution in [-0.2, 0) is 0 Å². The molecule has 0 spiro atoms. The molecule has 0 radical (unpaired) electrons. The van der Waals surface area contributed by atoms with Crippen LogP contribution in [0.15, 0.2) is 30.3 Å². The molecule has 1 aromatic carbocycles. The van der Waals surface area contributed by atoms with Crippen molar-refractivity contribution in [2.45, 2.75) is 35.6 Å². The zero-order valence-electron chi connectivity index (χ0n) is 8.98. The molecular formula is C12H15Cl3O. The molecule has 90 valence electrons. The molecule has 1 aromatic rings. The SMILES string of the molecule is CC[C@H](Cl)[C@@H](Cl)[C@@H](Cl)[C@H](O)c1ccccc1. The number of aliphatic hydroxyl groups excluding tert-OH is 1. The first-order valence-electron chi connectivity index (χ1n) is 5.23. The highest BCUT2D eigenvalue weighted by Gasteiger charge is 2.30. The molecule has 0 bridgehead atoms. The second-order valence-corrected chi connectivity index (χ2v) is 5.24. The summed E-state index contributed by atoms with van der Waals surface area (Å²) in [6.45, 7) is 1.94. The van der Waals surface area contributed by atoms with Gasteiger partial charge in [0.05, 0.1) is 22.2 Å². The van der Waals surface area contributed by atoms with Gasteiger partial charge in [-0.3, -0.25) is 0 Å². The van der Waals surface area contributed by atoms with Crippen molar-refractivity contribution < 1.29 is 5.11 Å². The molecule has 0 saturated carbocycles. The lowest BCUT2D eigenvalue weighted by Crippen LogP contribution is -2.30. The summed E-state index contributed by atoms with van der Waals surface area (Å²) in [7, 11) is 0. The van der Waals surface area contributed by atoms with Crippen LogP contribution in [0.4, 0.5) is 0 Å². The molecule has 4 heteroatoms. The van der Waals surface area contributed by atoms with E-state index in [0.29, 0.717) is 0 Å². The van der Waals surface area contributed by atoms with Gasteiger partial charge in [-0.15, -0.1) is 34.8 Å². The topological polar surface area (TPSA) is 20.2 Å². The van der Waals surface area contributed by atoms with Crippen LogP contribution in [0.25, 0.3) is 0 Å². The Morgan fingerprint density at radius 1 is 1.06 bits per heavy atom. The first kappa shape index (κ1) is 14.1. The van der Waals surface area contributed by atoms with E-state index in [2.05, 4.69) is 0 Å². The lowest BCUT2D eigenvalue weighted by Gasteiger charge is -2.24. The minimum absolute atomic E-state index is 0.234. The van der Waals surface area contributed by atoms with Gasteiger partial charge in [0.1, 0.15) is 0 Å².